The van der Waals surface area contributed by atoms with E-state index in [1.165, 1.54) is 12.1 Å². The zero-order valence-electron chi connectivity index (χ0n) is 14.1. The number of benzene rings is 1. The summed E-state index contributed by atoms with van der Waals surface area (Å²) in [5, 5.41) is 3.20. The third-order valence-corrected chi connectivity index (χ3v) is 3.80. The zero-order chi connectivity index (χ0) is 16.9. The topological polar surface area (TPSA) is 15.3 Å². The molecule has 1 aromatic rings. The van der Waals surface area contributed by atoms with Crippen LogP contribution in [-0.4, -0.2) is 24.0 Å². The van der Waals surface area contributed by atoms with Crippen molar-refractivity contribution in [1.29, 1.82) is 0 Å². The lowest BCUT2D eigenvalue weighted by Gasteiger charge is -2.35. The molecule has 0 radical (unpaired) electrons. The predicted molar refractivity (Wildman–Crippen MR) is 87.2 cm³/mol. The van der Waals surface area contributed by atoms with Gasteiger partial charge < -0.3 is 10.2 Å². The Morgan fingerprint density at radius 2 is 1.77 bits per heavy atom. The minimum Gasteiger partial charge on any atom is -0.384 e. The molecule has 4 heteroatoms. The van der Waals surface area contributed by atoms with Gasteiger partial charge in [0.1, 0.15) is 17.3 Å². The summed E-state index contributed by atoms with van der Waals surface area (Å²) in [7, 11) is 1.92. The molecule has 2 nitrogen and oxygen atoms in total. The van der Waals surface area contributed by atoms with Gasteiger partial charge in [-0.3, -0.25) is 0 Å². The number of rotatable bonds is 0. The molecular formula is C18H24F2N2. The summed E-state index contributed by atoms with van der Waals surface area (Å²) >= 11 is 0. The highest BCUT2D eigenvalue weighted by Crippen LogP contribution is 2.17. The Kier molecular flexibility index (Phi) is 6.42. The minimum atomic E-state index is -0.631. The van der Waals surface area contributed by atoms with Gasteiger partial charge in [0.25, 0.3) is 0 Å². The van der Waals surface area contributed by atoms with Crippen LogP contribution >= 0.6 is 0 Å². The maximum atomic E-state index is 13.9. The SMILES string of the molecule is CC.Cc1ccc(F)c(C#CC2=CNC(C)C(C)N2C)c1F. The Balaban J connectivity index is 0.00000116. The van der Waals surface area contributed by atoms with Crippen LogP contribution in [0.2, 0.25) is 0 Å². The third-order valence-electron chi connectivity index (χ3n) is 3.80. The van der Waals surface area contributed by atoms with Crippen molar-refractivity contribution in [3.8, 4) is 11.8 Å². The second kappa shape index (κ2) is 7.84. The van der Waals surface area contributed by atoms with E-state index >= 15 is 0 Å². The van der Waals surface area contributed by atoms with Crippen LogP contribution in [0.1, 0.15) is 38.8 Å². The van der Waals surface area contributed by atoms with Gasteiger partial charge in [-0.05, 0) is 38.3 Å². The van der Waals surface area contributed by atoms with Crippen LogP contribution in [0.4, 0.5) is 8.78 Å². The van der Waals surface area contributed by atoms with Crippen molar-refractivity contribution in [2.45, 2.75) is 46.7 Å². The molecule has 1 N–H and O–H groups in total. The fraction of sp³-hybridized carbons (Fsp3) is 0.444. The number of aryl methyl sites for hydroxylation is 1. The normalized spacial score (nSPS) is 20.0. The van der Waals surface area contributed by atoms with E-state index in [4.69, 9.17) is 0 Å². The van der Waals surface area contributed by atoms with Crippen LogP contribution in [0.3, 0.4) is 0 Å². The third kappa shape index (κ3) is 3.79. The number of halogens is 2. The van der Waals surface area contributed by atoms with Gasteiger partial charge in [0.2, 0.25) is 0 Å². The van der Waals surface area contributed by atoms with Gasteiger partial charge in [-0.1, -0.05) is 25.8 Å². The molecule has 0 aromatic heterocycles. The van der Waals surface area contributed by atoms with E-state index in [0.29, 0.717) is 11.6 Å². The van der Waals surface area contributed by atoms with E-state index in [0.717, 1.165) is 5.70 Å². The summed E-state index contributed by atoms with van der Waals surface area (Å²) in [5.41, 5.74) is 0.934. The van der Waals surface area contributed by atoms with Crippen LogP contribution in [0, 0.1) is 30.4 Å². The van der Waals surface area contributed by atoms with Crippen LogP contribution in [0.25, 0.3) is 0 Å². The molecule has 120 valence electrons. The average molecular weight is 306 g/mol. The average Bonchev–Trinajstić information content (AvgIpc) is 2.52. The van der Waals surface area contributed by atoms with Gasteiger partial charge in [0, 0.05) is 25.3 Å². The van der Waals surface area contributed by atoms with Gasteiger partial charge >= 0.3 is 0 Å². The Hall–Kier alpha value is -2.02. The van der Waals surface area contributed by atoms with Crippen molar-refractivity contribution in [3.63, 3.8) is 0 Å². The zero-order valence-corrected chi connectivity index (χ0v) is 14.1. The summed E-state index contributed by atoms with van der Waals surface area (Å²) < 4.78 is 27.5. The lowest BCUT2D eigenvalue weighted by Crippen LogP contribution is -2.47. The molecule has 22 heavy (non-hydrogen) atoms. The first kappa shape index (κ1) is 18.0. The summed E-state index contributed by atoms with van der Waals surface area (Å²) in [4.78, 5) is 2.00. The van der Waals surface area contributed by atoms with Crippen molar-refractivity contribution in [2.24, 2.45) is 0 Å². The Bertz CT molecular complexity index is 611. The predicted octanol–water partition coefficient (Wildman–Crippen LogP) is 3.80. The quantitative estimate of drug-likeness (QED) is 0.733. The van der Waals surface area contributed by atoms with Crippen molar-refractivity contribution in [1.82, 2.24) is 10.2 Å². The standard InChI is InChI=1S/C16H18F2N2.C2H6/c1-10-5-8-15(17)14(16(10)18)7-6-13-9-19-11(2)12(3)20(13)4;1-2/h5,8-9,11-12,19H,1-4H3;1-2H3. The molecule has 2 atom stereocenters. The molecule has 2 unspecified atom stereocenters. The highest BCUT2D eigenvalue weighted by Gasteiger charge is 2.21. The first-order chi connectivity index (χ1) is 10.4. The first-order valence-corrected chi connectivity index (χ1v) is 7.57. The van der Waals surface area contributed by atoms with E-state index in [1.807, 2.05) is 25.8 Å². The van der Waals surface area contributed by atoms with Crippen molar-refractivity contribution >= 4 is 0 Å². The highest BCUT2D eigenvalue weighted by atomic mass is 19.1. The van der Waals surface area contributed by atoms with Crippen molar-refractivity contribution in [3.05, 3.63) is 46.8 Å². The Labute approximate surface area is 132 Å². The van der Waals surface area contributed by atoms with Crippen LogP contribution in [0.5, 0.6) is 0 Å². The molecule has 0 amide bonds. The fourth-order valence-electron chi connectivity index (χ4n) is 2.03. The largest absolute Gasteiger partial charge is 0.384 e. The molecule has 2 rings (SSSR count). The molecule has 1 aliphatic heterocycles. The summed E-state index contributed by atoms with van der Waals surface area (Å²) in [6.07, 6.45) is 1.78. The van der Waals surface area contributed by atoms with Crippen molar-refractivity contribution < 1.29 is 8.78 Å². The van der Waals surface area contributed by atoms with E-state index < -0.39 is 11.6 Å². The molecule has 0 fully saturated rings. The monoisotopic (exact) mass is 306 g/mol. The van der Waals surface area contributed by atoms with Gasteiger partial charge in [-0.2, -0.15) is 0 Å². The summed E-state index contributed by atoms with van der Waals surface area (Å²) in [5.74, 6) is 4.23. The Morgan fingerprint density at radius 1 is 1.14 bits per heavy atom. The minimum absolute atomic E-state index is 0.175. The molecule has 0 saturated heterocycles. The van der Waals surface area contributed by atoms with E-state index in [-0.39, 0.29) is 11.6 Å². The maximum Gasteiger partial charge on any atom is 0.144 e. The molecular weight excluding hydrogens is 282 g/mol. The van der Waals surface area contributed by atoms with Crippen molar-refractivity contribution in [2.75, 3.05) is 7.05 Å². The van der Waals surface area contributed by atoms with E-state index in [2.05, 4.69) is 31.0 Å². The lowest BCUT2D eigenvalue weighted by atomic mass is 10.1. The van der Waals surface area contributed by atoms with Gasteiger partial charge in [-0.15, -0.1) is 0 Å². The van der Waals surface area contributed by atoms with Gasteiger partial charge in [0.15, 0.2) is 0 Å². The molecule has 0 spiro atoms. The Morgan fingerprint density at radius 3 is 2.41 bits per heavy atom. The smallest absolute Gasteiger partial charge is 0.144 e. The molecule has 1 aliphatic rings. The van der Waals surface area contributed by atoms with Crippen LogP contribution < -0.4 is 5.32 Å². The number of nitrogens with zero attached hydrogens (tertiary/aromatic N) is 1. The number of allylic oxidation sites excluding steroid dienone is 1. The summed E-state index contributed by atoms with van der Waals surface area (Å²) in [6, 6.07) is 3.21. The second-order valence-electron chi connectivity index (χ2n) is 5.14. The number of hydrogen-bond acceptors (Lipinski definition) is 2. The van der Waals surface area contributed by atoms with Crippen LogP contribution in [0.15, 0.2) is 24.0 Å². The number of hydrogen-bond donors (Lipinski definition) is 1. The molecule has 1 aromatic carbocycles. The lowest BCUT2D eigenvalue weighted by molar-refractivity contribution is 0.261. The number of nitrogens with one attached hydrogen (secondary N) is 1. The highest BCUT2D eigenvalue weighted by molar-refractivity contribution is 5.44. The fourth-order valence-corrected chi connectivity index (χ4v) is 2.03. The van der Waals surface area contributed by atoms with E-state index in [9.17, 15) is 8.78 Å². The number of likely N-dealkylation sites (N-methyl/N-ethyl adjacent to an activating group) is 1. The maximum absolute atomic E-state index is 13.9. The first-order valence-electron chi connectivity index (χ1n) is 7.57. The van der Waals surface area contributed by atoms with Crippen LogP contribution in [-0.2, 0) is 0 Å². The van der Waals surface area contributed by atoms with Gasteiger partial charge in [-0.25, -0.2) is 8.78 Å². The molecule has 0 saturated carbocycles. The van der Waals surface area contributed by atoms with E-state index in [1.54, 1.807) is 13.1 Å². The molecule has 1 heterocycles. The summed E-state index contributed by atoms with van der Waals surface area (Å²) in [6.45, 7) is 9.74. The van der Waals surface area contributed by atoms with Gasteiger partial charge in [0.05, 0.1) is 5.56 Å². The second-order valence-corrected chi connectivity index (χ2v) is 5.14. The molecule has 0 bridgehead atoms. The molecule has 0 aliphatic carbocycles.